The molecule has 206 valence electrons. The van der Waals surface area contributed by atoms with Crippen LogP contribution in [0.5, 0.6) is 0 Å². The van der Waals surface area contributed by atoms with Gasteiger partial charge in [-0.3, -0.25) is 14.4 Å². The number of benzene rings is 1. The lowest BCUT2D eigenvalue weighted by Crippen LogP contribution is -2.55. The molecule has 1 N–H and O–H groups in total. The molecule has 0 aromatic heterocycles. The second-order valence-corrected chi connectivity index (χ2v) is 12.9. The summed E-state index contributed by atoms with van der Waals surface area (Å²) in [5, 5.41) is 9.26. The number of esters is 1. The van der Waals surface area contributed by atoms with E-state index in [9.17, 15) is 19.5 Å². The smallest absolute Gasteiger partial charge is 0.311 e. The Morgan fingerprint density at radius 3 is 2.66 bits per heavy atom. The number of aliphatic hydroxyl groups excluding tert-OH is 1. The molecule has 5 atom stereocenters. The first-order valence-corrected chi connectivity index (χ1v) is 14.4. The lowest BCUT2D eigenvalue weighted by molar-refractivity contribution is -0.154. The van der Waals surface area contributed by atoms with Gasteiger partial charge in [-0.2, -0.15) is 0 Å². The molecule has 3 heterocycles. The van der Waals surface area contributed by atoms with Crippen molar-refractivity contribution in [2.24, 2.45) is 11.8 Å². The highest BCUT2D eigenvalue weighted by Gasteiger charge is 2.77. The van der Waals surface area contributed by atoms with Crippen molar-refractivity contribution in [3.8, 4) is 0 Å². The van der Waals surface area contributed by atoms with Gasteiger partial charge in [-0.25, -0.2) is 0 Å². The van der Waals surface area contributed by atoms with Gasteiger partial charge < -0.3 is 19.6 Å². The molecular formula is C30H40N2O5S. The highest BCUT2D eigenvalue weighted by molar-refractivity contribution is 8.02. The molecule has 0 saturated carbocycles. The van der Waals surface area contributed by atoms with Crippen LogP contribution in [0, 0.1) is 25.7 Å². The van der Waals surface area contributed by atoms with E-state index in [0.717, 1.165) is 29.7 Å². The maximum Gasteiger partial charge on any atom is 0.311 e. The number of hydrogen-bond donors (Lipinski definition) is 1. The molecule has 2 bridgehead atoms. The minimum absolute atomic E-state index is 0.0913. The minimum Gasteiger partial charge on any atom is -0.461 e. The number of fused-ring (bicyclic) bond motifs is 1. The minimum atomic E-state index is -0.699. The van der Waals surface area contributed by atoms with Gasteiger partial charge in [0.05, 0.1) is 16.6 Å². The number of hydrogen-bond acceptors (Lipinski definition) is 6. The van der Waals surface area contributed by atoms with E-state index in [0.29, 0.717) is 32.4 Å². The molecule has 1 spiro atoms. The topological polar surface area (TPSA) is 87.1 Å². The molecule has 3 aliphatic heterocycles. The van der Waals surface area contributed by atoms with E-state index < -0.39 is 27.4 Å². The maximum absolute atomic E-state index is 14.6. The van der Waals surface area contributed by atoms with Crippen molar-refractivity contribution < 1.29 is 24.2 Å². The highest BCUT2D eigenvalue weighted by Crippen LogP contribution is 2.71. The number of thioether (sulfide) groups is 1. The summed E-state index contributed by atoms with van der Waals surface area (Å²) in [5.41, 5.74) is 2.83. The van der Waals surface area contributed by atoms with Crippen molar-refractivity contribution in [2.45, 2.75) is 68.4 Å². The van der Waals surface area contributed by atoms with Crippen LogP contribution in [0.1, 0.15) is 50.2 Å². The Morgan fingerprint density at radius 2 is 1.97 bits per heavy atom. The van der Waals surface area contributed by atoms with Crippen LogP contribution >= 0.6 is 11.8 Å². The number of carbonyl (C=O) groups is 3. The number of aryl methyl sites for hydroxylation is 2. The average Bonchev–Trinajstić information content (AvgIpc) is 3.45. The van der Waals surface area contributed by atoms with Gasteiger partial charge in [-0.15, -0.1) is 18.3 Å². The number of likely N-dealkylation sites (tertiary alicyclic amines) is 1. The van der Waals surface area contributed by atoms with Gasteiger partial charge in [-0.05, 0) is 70.1 Å². The lowest BCUT2D eigenvalue weighted by atomic mass is 9.66. The molecule has 1 aromatic carbocycles. The SMILES string of the molecule is C=CCOC(=O)[C@@H]1[C@H]2C(=O)N(CCCCCO)C(C(=O)N(CC=C)c3cc(C)ccc3C)C23CC[C@@]1(C)S3. The Hall–Kier alpha value is -2.58. The molecule has 2 unspecified atom stereocenters. The summed E-state index contributed by atoms with van der Waals surface area (Å²) in [7, 11) is 0. The average molecular weight is 541 g/mol. The largest absolute Gasteiger partial charge is 0.461 e. The van der Waals surface area contributed by atoms with E-state index >= 15 is 0 Å². The predicted molar refractivity (Wildman–Crippen MR) is 151 cm³/mol. The number of unbranched alkanes of at least 4 members (excludes halogenated alkanes) is 2. The van der Waals surface area contributed by atoms with Gasteiger partial charge in [0.2, 0.25) is 5.91 Å². The molecular weight excluding hydrogens is 500 g/mol. The van der Waals surface area contributed by atoms with Gasteiger partial charge in [0.15, 0.2) is 0 Å². The first-order valence-electron chi connectivity index (χ1n) is 13.5. The van der Waals surface area contributed by atoms with Crippen LogP contribution in [-0.2, 0) is 19.1 Å². The van der Waals surface area contributed by atoms with Gasteiger partial charge >= 0.3 is 5.97 Å². The zero-order valence-corrected chi connectivity index (χ0v) is 23.6. The summed E-state index contributed by atoms with van der Waals surface area (Å²) in [5.74, 6) is -1.87. The lowest BCUT2D eigenvalue weighted by Gasteiger charge is -2.37. The third-order valence-corrected chi connectivity index (χ3v) is 10.4. The van der Waals surface area contributed by atoms with E-state index in [1.165, 1.54) is 6.08 Å². The van der Waals surface area contributed by atoms with Gasteiger partial charge in [0.25, 0.3) is 5.91 Å². The Morgan fingerprint density at radius 1 is 1.21 bits per heavy atom. The van der Waals surface area contributed by atoms with Gasteiger partial charge in [0.1, 0.15) is 12.6 Å². The Kier molecular flexibility index (Phi) is 8.43. The monoisotopic (exact) mass is 540 g/mol. The quantitative estimate of drug-likeness (QED) is 0.243. The molecule has 2 amide bonds. The fraction of sp³-hybridized carbons (Fsp3) is 0.567. The van der Waals surface area contributed by atoms with E-state index in [1.807, 2.05) is 39.0 Å². The molecule has 38 heavy (non-hydrogen) atoms. The van der Waals surface area contributed by atoms with Crippen LogP contribution in [0.25, 0.3) is 0 Å². The summed E-state index contributed by atoms with van der Waals surface area (Å²) < 4.78 is 4.33. The van der Waals surface area contributed by atoms with Crippen LogP contribution < -0.4 is 4.90 Å². The van der Waals surface area contributed by atoms with E-state index in [2.05, 4.69) is 13.2 Å². The standard InChI is InChI=1S/C30H40N2O5S/c1-6-15-31(22-19-20(3)11-12-21(22)4)27(35)25-30-14-13-29(5,38-30)24(28(36)37-18-7-2)23(30)26(34)32(25)16-9-8-10-17-33/h6-7,11-12,19,23-25,33H,1-2,8-10,13-18H2,3-5H3/t23-,24-,25?,29+,30?/m0/s1. The maximum atomic E-state index is 14.6. The van der Waals surface area contributed by atoms with Crippen LogP contribution in [0.15, 0.2) is 43.5 Å². The summed E-state index contributed by atoms with van der Waals surface area (Å²) in [4.78, 5) is 45.6. The Bertz CT molecular complexity index is 1120. The third kappa shape index (κ3) is 4.70. The fourth-order valence-electron chi connectivity index (χ4n) is 6.70. The number of amides is 2. The molecule has 1 aromatic rings. The van der Waals surface area contributed by atoms with Crippen LogP contribution in [0.3, 0.4) is 0 Å². The molecule has 3 saturated heterocycles. The van der Waals surface area contributed by atoms with Crippen molar-refractivity contribution in [1.82, 2.24) is 4.90 Å². The summed E-state index contributed by atoms with van der Waals surface area (Å²) in [6, 6.07) is 5.33. The highest BCUT2D eigenvalue weighted by atomic mass is 32.2. The molecule has 0 radical (unpaired) electrons. The second kappa shape index (κ2) is 11.3. The zero-order chi connectivity index (χ0) is 27.7. The van der Waals surface area contributed by atoms with E-state index in [4.69, 9.17) is 4.74 Å². The Labute approximate surface area is 230 Å². The molecule has 7 nitrogen and oxygen atoms in total. The molecule has 0 aliphatic carbocycles. The molecule has 4 rings (SSSR count). The first-order chi connectivity index (χ1) is 18.1. The number of nitrogens with zero attached hydrogens (tertiary/aromatic N) is 2. The van der Waals surface area contributed by atoms with E-state index in [1.54, 1.807) is 27.6 Å². The first kappa shape index (κ1) is 28.4. The molecule has 8 heteroatoms. The van der Waals surface area contributed by atoms with Crippen molar-refractivity contribution in [3.63, 3.8) is 0 Å². The Balaban J connectivity index is 1.78. The summed E-state index contributed by atoms with van der Waals surface area (Å²) >= 11 is 1.64. The van der Waals surface area contributed by atoms with Crippen LogP contribution in [0.4, 0.5) is 5.69 Å². The van der Waals surface area contributed by atoms with Gasteiger partial charge in [0, 0.05) is 30.1 Å². The number of carbonyl (C=O) groups excluding carboxylic acids is 3. The van der Waals surface area contributed by atoms with E-state index in [-0.39, 0.29) is 31.0 Å². The number of anilines is 1. The normalized spacial score (nSPS) is 29.3. The summed E-state index contributed by atoms with van der Waals surface area (Å²) in [6.07, 6.45) is 6.75. The van der Waals surface area contributed by atoms with Crippen LogP contribution in [0.2, 0.25) is 0 Å². The van der Waals surface area contributed by atoms with Crippen molar-refractivity contribution in [1.29, 1.82) is 0 Å². The predicted octanol–water partition coefficient (Wildman–Crippen LogP) is 4.20. The zero-order valence-electron chi connectivity index (χ0n) is 22.8. The molecule has 3 aliphatic rings. The van der Waals surface area contributed by atoms with Crippen LogP contribution in [-0.4, -0.2) is 69.6 Å². The number of aliphatic hydroxyl groups is 1. The fourth-order valence-corrected chi connectivity index (χ4v) is 9.04. The summed E-state index contributed by atoms with van der Waals surface area (Å²) in [6.45, 7) is 14.5. The second-order valence-electron chi connectivity index (χ2n) is 11.0. The molecule has 3 fully saturated rings. The van der Waals surface area contributed by atoms with Crippen molar-refractivity contribution in [2.75, 3.05) is 31.2 Å². The van der Waals surface area contributed by atoms with Crippen molar-refractivity contribution >= 4 is 35.2 Å². The third-order valence-electron chi connectivity index (χ3n) is 8.40. The number of rotatable bonds is 12. The van der Waals surface area contributed by atoms with Gasteiger partial charge in [-0.1, -0.05) is 30.9 Å². The van der Waals surface area contributed by atoms with Crippen molar-refractivity contribution in [3.05, 3.63) is 54.6 Å². The number of ether oxygens (including phenoxy) is 1.